The zero-order chi connectivity index (χ0) is 17.5. The summed E-state index contributed by atoms with van der Waals surface area (Å²) in [5, 5.41) is 4.58. The van der Waals surface area contributed by atoms with Crippen molar-refractivity contribution in [2.75, 3.05) is 25.1 Å². The molecule has 2 aromatic rings. The Labute approximate surface area is 150 Å². The fraction of sp³-hybridized carbons (Fsp3) is 0.550. The van der Waals surface area contributed by atoms with Crippen molar-refractivity contribution in [1.29, 1.82) is 0 Å². The lowest BCUT2D eigenvalue weighted by Crippen LogP contribution is -2.18. The van der Waals surface area contributed by atoms with Crippen molar-refractivity contribution in [2.45, 2.75) is 52.4 Å². The van der Waals surface area contributed by atoms with E-state index < -0.39 is 0 Å². The van der Waals surface area contributed by atoms with Gasteiger partial charge < -0.3 is 10.1 Å². The highest BCUT2D eigenvalue weighted by atomic mass is 32.1. The number of nitrogens with zero attached hydrogens (tertiary/aromatic N) is 1. The molecule has 4 heteroatoms. The van der Waals surface area contributed by atoms with Crippen LogP contribution in [0.15, 0.2) is 30.3 Å². The molecule has 1 N–H and O–H groups in total. The molecule has 0 saturated carbocycles. The lowest BCUT2D eigenvalue weighted by molar-refractivity contribution is 0.135. The monoisotopic (exact) mass is 346 g/mol. The predicted octanol–water partition coefficient (Wildman–Crippen LogP) is 5.62. The lowest BCUT2D eigenvalue weighted by atomic mass is 10.0. The number of hydrogen-bond donors (Lipinski definition) is 1. The number of anilines is 1. The fourth-order valence-electron chi connectivity index (χ4n) is 2.72. The van der Waals surface area contributed by atoms with E-state index in [0.717, 1.165) is 24.9 Å². The van der Waals surface area contributed by atoms with Crippen LogP contribution in [0.2, 0.25) is 0 Å². The number of aromatic nitrogens is 1. The first-order valence-electron chi connectivity index (χ1n) is 8.90. The third-order valence-electron chi connectivity index (χ3n) is 4.05. The smallest absolute Gasteiger partial charge is 0.183 e. The van der Waals surface area contributed by atoms with Gasteiger partial charge in [-0.05, 0) is 24.3 Å². The summed E-state index contributed by atoms with van der Waals surface area (Å²) in [6.45, 7) is 13.3. The molecule has 1 unspecified atom stereocenters. The SMILES string of the molecule is CCOCC(CNc1nc(C(C)C)c(C(C)C)s1)c1ccccc1. The molecule has 0 amide bonds. The van der Waals surface area contributed by atoms with E-state index in [-0.39, 0.29) is 0 Å². The number of rotatable bonds is 9. The van der Waals surface area contributed by atoms with Crippen molar-refractivity contribution in [3.63, 3.8) is 0 Å². The van der Waals surface area contributed by atoms with Gasteiger partial charge in [0.25, 0.3) is 0 Å². The first kappa shape index (κ1) is 18.9. The Morgan fingerprint density at radius 1 is 1.08 bits per heavy atom. The second-order valence-electron chi connectivity index (χ2n) is 6.73. The molecule has 0 saturated heterocycles. The summed E-state index contributed by atoms with van der Waals surface area (Å²) in [6.07, 6.45) is 0. The van der Waals surface area contributed by atoms with Crippen molar-refractivity contribution >= 4 is 16.5 Å². The molecule has 0 spiro atoms. The number of hydrogen-bond acceptors (Lipinski definition) is 4. The van der Waals surface area contributed by atoms with Gasteiger partial charge in [0, 0.05) is 23.9 Å². The van der Waals surface area contributed by atoms with Crippen molar-refractivity contribution in [2.24, 2.45) is 0 Å². The van der Waals surface area contributed by atoms with Crippen LogP contribution < -0.4 is 5.32 Å². The lowest BCUT2D eigenvalue weighted by Gasteiger charge is -2.17. The molecule has 24 heavy (non-hydrogen) atoms. The molecule has 2 rings (SSSR count). The van der Waals surface area contributed by atoms with E-state index in [1.807, 2.05) is 6.92 Å². The van der Waals surface area contributed by atoms with Gasteiger partial charge in [-0.2, -0.15) is 0 Å². The molecule has 1 atom stereocenters. The maximum absolute atomic E-state index is 5.69. The van der Waals surface area contributed by atoms with Crippen LogP contribution in [0.25, 0.3) is 0 Å². The molecule has 1 aromatic heterocycles. The van der Waals surface area contributed by atoms with Crippen LogP contribution in [0.3, 0.4) is 0 Å². The number of nitrogens with one attached hydrogen (secondary N) is 1. The molecule has 1 aromatic carbocycles. The highest BCUT2D eigenvalue weighted by molar-refractivity contribution is 7.15. The predicted molar refractivity (Wildman–Crippen MR) is 104 cm³/mol. The Kier molecular flexibility index (Phi) is 7.25. The van der Waals surface area contributed by atoms with Crippen LogP contribution in [-0.4, -0.2) is 24.7 Å². The molecule has 0 aliphatic rings. The Balaban J connectivity index is 2.10. The Morgan fingerprint density at radius 2 is 1.79 bits per heavy atom. The van der Waals surface area contributed by atoms with Gasteiger partial charge in [0.05, 0.1) is 12.3 Å². The van der Waals surface area contributed by atoms with Crippen LogP contribution in [0.1, 0.15) is 68.5 Å². The minimum atomic E-state index is 0.333. The summed E-state index contributed by atoms with van der Waals surface area (Å²) in [5.74, 6) is 1.31. The summed E-state index contributed by atoms with van der Waals surface area (Å²) < 4.78 is 5.69. The molecule has 3 nitrogen and oxygen atoms in total. The maximum atomic E-state index is 5.69. The van der Waals surface area contributed by atoms with E-state index in [4.69, 9.17) is 9.72 Å². The van der Waals surface area contributed by atoms with Crippen LogP contribution in [0.4, 0.5) is 5.13 Å². The van der Waals surface area contributed by atoms with Gasteiger partial charge in [0.2, 0.25) is 0 Å². The van der Waals surface area contributed by atoms with Crippen molar-refractivity contribution in [1.82, 2.24) is 4.98 Å². The van der Waals surface area contributed by atoms with Crippen LogP contribution >= 0.6 is 11.3 Å². The van der Waals surface area contributed by atoms with Crippen molar-refractivity contribution < 1.29 is 4.74 Å². The van der Waals surface area contributed by atoms with E-state index in [1.165, 1.54) is 16.1 Å². The van der Waals surface area contributed by atoms with Gasteiger partial charge in [0.1, 0.15) is 0 Å². The highest BCUT2D eigenvalue weighted by Gasteiger charge is 2.18. The van der Waals surface area contributed by atoms with Gasteiger partial charge in [-0.1, -0.05) is 58.0 Å². The topological polar surface area (TPSA) is 34.1 Å². The normalized spacial score (nSPS) is 12.8. The average molecular weight is 347 g/mol. The third-order valence-corrected chi connectivity index (χ3v) is 5.38. The molecule has 0 fully saturated rings. The van der Waals surface area contributed by atoms with Crippen molar-refractivity contribution in [3.8, 4) is 0 Å². The summed E-state index contributed by atoms with van der Waals surface area (Å²) in [5.41, 5.74) is 2.54. The van der Waals surface area contributed by atoms with Crippen LogP contribution in [0, 0.1) is 0 Å². The fourth-order valence-corrected chi connectivity index (χ4v) is 3.84. The van der Waals surface area contributed by atoms with E-state index in [2.05, 4.69) is 63.3 Å². The average Bonchev–Trinajstić information content (AvgIpc) is 3.01. The molecule has 0 aliphatic heterocycles. The second-order valence-corrected chi connectivity index (χ2v) is 7.76. The van der Waals surface area contributed by atoms with E-state index >= 15 is 0 Å². The van der Waals surface area contributed by atoms with Gasteiger partial charge in [0.15, 0.2) is 5.13 Å². The molecule has 1 heterocycles. The maximum Gasteiger partial charge on any atom is 0.183 e. The molecule has 0 bridgehead atoms. The van der Waals surface area contributed by atoms with Crippen LogP contribution in [-0.2, 0) is 4.74 Å². The second kappa shape index (κ2) is 9.19. The first-order chi connectivity index (χ1) is 11.5. The minimum absolute atomic E-state index is 0.333. The Bertz CT molecular complexity index is 582. The summed E-state index contributed by atoms with van der Waals surface area (Å²) in [4.78, 5) is 6.24. The standard InChI is InChI=1S/C20H30N2OS/c1-6-23-13-17(16-10-8-7-9-11-16)12-21-20-22-18(14(2)3)19(24-20)15(4)5/h7-11,14-15,17H,6,12-13H2,1-5H3,(H,21,22). The first-order valence-corrected chi connectivity index (χ1v) is 9.71. The number of benzene rings is 1. The van der Waals surface area contributed by atoms with Crippen molar-refractivity contribution in [3.05, 3.63) is 46.5 Å². The Morgan fingerprint density at radius 3 is 2.33 bits per heavy atom. The number of ether oxygens (including phenoxy) is 1. The van der Waals surface area contributed by atoms with E-state index in [9.17, 15) is 0 Å². The zero-order valence-corrected chi connectivity index (χ0v) is 16.3. The Hall–Kier alpha value is -1.39. The largest absolute Gasteiger partial charge is 0.381 e. The molecule has 132 valence electrons. The van der Waals surface area contributed by atoms with Gasteiger partial charge in [-0.15, -0.1) is 11.3 Å². The number of thiazole rings is 1. The summed E-state index contributed by atoms with van der Waals surface area (Å²) in [7, 11) is 0. The molecule has 0 radical (unpaired) electrons. The quantitative estimate of drug-likeness (QED) is 0.639. The van der Waals surface area contributed by atoms with Gasteiger partial charge >= 0.3 is 0 Å². The molecular weight excluding hydrogens is 316 g/mol. The molecular formula is C20H30N2OS. The van der Waals surface area contributed by atoms with Gasteiger partial charge in [-0.25, -0.2) is 4.98 Å². The third kappa shape index (κ3) is 5.05. The van der Waals surface area contributed by atoms with Gasteiger partial charge in [-0.3, -0.25) is 0 Å². The summed E-state index contributed by atoms with van der Waals surface area (Å²) in [6, 6.07) is 10.6. The van der Waals surface area contributed by atoms with Crippen LogP contribution in [0.5, 0.6) is 0 Å². The van der Waals surface area contributed by atoms with E-state index in [0.29, 0.717) is 17.8 Å². The molecule has 0 aliphatic carbocycles. The highest BCUT2D eigenvalue weighted by Crippen LogP contribution is 2.34. The minimum Gasteiger partial charge on any atom is -0.381 e. The van der Waals surface area contributed by atoms with E-state index in [1.54, 1.807) is 11.3 Å². The zero-order valence-electron chi connectivity index (χ0n) is 15.5. The summed E-state index contributed by atoms with van der Waals surface area (Å²) >= 11 is 1.79.